The molecule has 2 aromatic heterocycles. The lowest BCUT2D eigenvalue weighted by molar-refractivity contribution is 0.0691. The van der Waals surface area contributed by atoms with E-state index in [1.165, 1.54) is 0 Å². The summed E-state index contributed by atoms with van der Waals surface area (Å²) in [6.45, 7) is 0.145. The number of carbonyl (C=O) groups is 1. The Morgan fingerprint density at radius 2 is 1.86 bits per heavy atom. The van der Waals surface area contributed by atoms with Gasteiger partial charge in [-0.05, 0) is 42.0 Å². The molecule has 2 heterocycles. The maximum atomic E-state index is 11.2. The average molecular weight is 428 g/mol. The molecule has 0 fully saturated rings. The summed E-state index contributed by atoms with van der Waals surface area (Å²) in [6, 6.07) is 14.2. The highest BCUT2D eigenvalue weighted by molar-refractivity contribution is 6.35. The molecule has 0 aliphatic carbocycles. The minimum atomic E-state index is -1.01. The molecule has 0 spiro atoms. The van der Waals surface area contributed by atoms with Crippen molar-refractivity contribution in [3.8, 4) is 16.9 Å². The zero-order chi connectivity index (χ0) is 20.5. The number of benzene rings is 2. The molecule has 0 saturated carbocycles. The molecule has 0 unspecified atom stereocenters. The van der Waals surface area contributed by atoms with Gasteiger partial charge in [0, 0.05) is 38.3 Å². The van der Waals surface area contributed by atoms with Crippen molar-refractivity contribution < 1.29 is 14.6 Å². The molecule has 0 bridgehead atoms. The van der Waals surface area contributed by atoms with Crippen molar-refractivity contribution in [3.63, 3.8) is 0 Å². The second-order valence-corrected chi connectivity index (χ2v) is 7.20. The van der Waals surface area contributed by atoms with Crippen LogP contribution in [0.25, 0.3) is 22.0 Å². The predicted molar refractivity (Wildman–Crippen MR) is 114 cm³/mol. The van der Waals surface area contributed by atoms with Crippen molar-refractivity contribution in [1.82, 2.24) is 9.97 Å². The number of nitrogens with zero attached hydrogens (tertiary/aromatic N) is 1. The van der Waals surface area contributed by atoms with Crippen LogP contribution in [0.15, 0.2) is 54.7 Å². The third-order valence-electron chi connectivity index (χ3n) is 4.50. The van der Waals surface area contributed by atoms with E-state index in [1.54, 1.807) is 36.5 Å². The number of carboxylic acids is 1. The number of carboxylic acid groups (broad SMARTS) is 1. The number of halogens is 2. The SMILES string of the molecule is Nc1ncc(-c2ccc3[nH]c(C(=O)O)cc3c2)cc1OCc1c(Cl)cccc1Cl. The number of hydrogen-bond acceptors (Lipinski definition) is 4. The average Bonchev–Trinajstić information content (AvgIpc) is 3.12. The first-order valence-corrected chi connectivity index (χ1v) is 9.35. The summed E-state index contributed by atoms with van der Waals surface area (Å²) in [4.78, 5) is 18.2. The smallest absolute Gasteiger partial charge is 0.352 e. The summed E-state index contributed by atoms with van der Waals surface area (Å²) in [7, 11) is 0. The van der Waals surface area contributed by atoms with Crippen LogP contribution < -0.4 is 10.5 Å². The van der Waals surface area contributed by atoms with Gasteiger partial charge in [-0.15, -0.1) is 0 Å². The normalized spacial score (nSPS) is 11.0. The number of fused-ring (bicyclic) bond motifs is 1. The fourth-order valence-electron chi connectivity index (χ4n) is 2.98. The number of rotatable bonds is 5. The van der Waals surface area contributed by atoms with Gasteiger partial charge in [-0.1, -0.05) is 35.3 Å². The van der Waals surface area contributed by atoms with Crippen LogP contribution in [0, 0.1) is 0 Å². The van der Waals surface area contributed by atoms with Crippen LogP contribution in [0.5, 0.6) is 5.75 Å². The van der Waals surface area contributed by atoms with Crippen LogP contribution in [-0.4, -0.2) is 21.0 Å². The van der Waals surface area contributed by atoms with Crippen LogP contribution in [0.4, 0.5) is 5.82 Å². The number of H-pyrrole nitrogens is 1. The maximum absolute atomic E-state index is 11.2. The van der Waals surface area contributed by atoms with Crippen molar-refractivity contribution in [1.29, 1.82) is 0 Å². The molecule has 4 aromatic rings. The fourth-order valence-corrected chi connectivity index (χ4v) is 3.48. The molecule has 4 rings (SSSR count). The number of nitrogen functional groups attached to an aromatic ring is 1. The lowest BCUT2D eigenvalue weighted by atomic mass is 10.1. The van der Waals surface area contributed by atoms with Gasteiger partial charge in [0.2, 0.25) is 0 Å². The van der Waals surface area contributed by atoms with Gasteiger partial charge < -0.3 is 20.6 Å². The Hall–Kier alpha value is -3.22. The number of nitrogens with two attached hydrogens (primary N) is 1. The number of aromatic carboxylic acids is 1. The van der Waals surface area contributed by atoms with E-state index in [1.807, 2.05) is 18.2 Å². The van der Waals surface area contributed by atoms with Crippen molar-refractivity contribution in [2.45, 2.75) is 6.61 Å². The molecule has 146 valence electrons. The second-order valence-electron chi connectivity index (χ2n) is 6.39. The summed E-state index contributed by atoms with van der Waals surface area (Å²) in [5, 5.41) is 10.9. The van der Waals surface area contributed by atoms with E-state index in [0.717, 1.165) is 22.0 Å². The Labute approximate surface area is 175 Å². The Morgan fingerprint density at radius 1 is 1.10 bits per heavy atom. The molecule has 2 aromatic carbocycles. The number of hydrogen-bond donors (Lipinski definition) is 3. The highest BCUT2D eigenvalue weighted by Gasteiger charge is 2.12. The minimum absolute atomic E-state index is 0.133. The summed E-state index contributed by atoms with van der Waals surface area (Å²) < 4.78 is 5.83. The van der Waals surface area contributed by atoms with Gasteiger partial charge in [0.05, 0.1) is 0 Å². The van der Waals surface area contributed by atoms with Crippen LogP contribution in [0.2, 0.25) is 10.0 Å². The van der Waals surface area contributed by atoms with Crippen LogP contribution in [0.3, 0.4) is 0 Å². The predicted octanol–water partition coefficient (Wildman–Crippen LogP) is 5.40. The molecule has 29 heavy (non-hydrogen) atoms. The quantitative estimate of drug-likeness (QED) is 0.395. The zero-order valence-corrected chi connectivity index (χ0v) is 16.5. The lowest BCUT2D eigenvalue weighted by Crippen LogP contribution is -2.02. The van der Waals surface area contributed by atoms with E-state index < -0.39 is 5.97 Å². The van der Waals surface area contributed by atoms with Crippen molar-refractivity contribution in [2.24, 2.45) is 0 Å². The second kappa shape index (κ2) is 7.66. The Balaban J connectivity index is 1.64. The fraction of sp³-hybridized carbons (Fsp3) is 0.0476. The minimum Gasteiger partial charge on any atom is -0.485 e. The number of anilines is 1. The van der Waals surface area contributed by atoms with E-state index in [9.17, 15) is 4.79 Å². The maximum Gasteiger partial charge on any atom is 0.352 e. The van der Waals surface area contributed by atoms with E-state index in [4.69, 9.17) is 38.8 Å². The molecule has 6 nitrogen and oxygen atoms in total. The van der Waals surface area contributed by atoms with Crippen LogP contribution >= 0.6 is 23.2 Å². The number of nitrogens with one attached hydrogen (secondary N) is 1. The Bertz CT molecular complexity index is 1220. The van der Waals surface area contributed by atoms with Crippen molar-refractivity contribution in [2.75, 3.05) is 5.73 Å². The highest BCUT2D eigenvalue weighted by atomic mass is 35.5. The molecule has 4 N–H and O–H groups in total. The van der Waals surface area contributed by atoms with Gasteiger partial charge in [-0.2, -0.15) is 0 Å². The van der Waals surface area contributed by atoms with E-state index in [2.05, 4.69) is 9.97 Å². The third-order valence-corrected chi connectivity index (χ3v) is 5.21. The molecule has 0 atom stereocenters. The van der Waals surface area contributed by atoms with Gasteiger partial charge in [-0.3, -0.25) is 0 Å². The summed E-state index contributed by atoms with van der Waals surface area (Å²) in [5.41, 5.74) is 9.12. The first kappa shape index (κ1) is 19.1. The highest BCUT2D eigenvalue weighted by Crippen LogP contribution is 2.31. The summed E-state index contributed by atoms with van der Waals surface area (Å²) in [6.07, 6.45) is 1.64. The van der Waals surface area contributed by atoms with Gasteiger partial charge >= 0.3 is 5.97 Å². The van der Waals surface area contributed by atoms with Crippen molar-refractivity contribution in [3.05, 3.63) is 76.0 Å². The largest absolute Gasteiger partial charge is 0.485 e. The summed E-state index contributed by atoms with van der Waals surface area (Å²) >= 11 is 12.4. The Kier molecular flexibility index (Phi) is 5.05. The molecular weight excluding hydrogens is 413 g/mol. The van der Waals surface area contributed by atoms with Crippen molar-refractivity contribution >= 4 is 45.9 Å². The Morgan fingerprint density at radius 3 is 2.59 bits per heavy atom. The van der Waals surface area contributed by atoms with E-state index >= 15 is 0 Å². The topological polar surface area (TPSA) is 101 Å². The molecular formula is C21H15Cl2N3O3. The van der Waals surface area contributed by atoms with Gasteiger partial charge in [0.1, 0.15) is 12.3 Å². The number of aromatic nitrogens is 2. The molecule has 0 aliphatic heterocycles. The standard InChI is InChI=1S/C21H15Cl2N3O3/c22-15-2-1-3-16(23)14(15)10-29-19-8-13(9-25-20(19)24)11-4-5-17-12(6-11)7-18(26-17)21(27)28/h1-9,26H,10H2,(H2,24,25)(H,27,28). The first-order chi connectivity index (χ1) is 13.9. The van der Waals surface area contributed by atoms with E-state index in [0.29, 0.717) is 21.4 Å². The van der Waals surface area contributed by atoms with E-state index in [-0.39, 0.29) is 18.1 Å². The zero-order valence-electron chi connectivity index (χ0n) is 14.9. The van der Waals surface area contributed by atoms with Gasteiger partial charge in [0.15, 0.2) is 11.6 Å². The lowest BCUT2D eigenvalue weighted by Gasteiger charge is -2.12. The monoisotopic (exact) mass is 427 g/mol. The van der Waals surface area contributed by atoms with Gasteiger partial charge in [-0.25, -0.2) is 9.78 Å². The first-order valence-electron chi connectivity index (χ1n) is 8.60. The molecule has 8 heteroatoms. The molecule has 0 aliphatic rings. The molecule has 0 saturated heterocycles. The van der Waals surface area contributed by atoms with Crippen LogP contribution in [0.1, 0.15) is 16.1 Å². The van der Waals surface area contributed by atoms with Crippen LogP contribution in [-0.2, 0) is 6.61 Å². The molecule has 0 radical (unpaired) electrons. The number of ether oxygens (including phenoxy) is 1. The summed E-state index contributed by atoms with van der Waals surface area (Å²) in [5.74, 6) is -0.363. The third kappa shape index (κ3) is 3.85. The van der Waals surface area contributed by atoms with Gasteiger partial charge in [0.25, 0.3) is 0 Å². The number of pyridine rings is 1. The number of aromatic amines is 1. The molecule has 0 amide bonds.